The Morgan fingerprint density at radius 2 is 1.81 bits per heavy atom. The van der Waals surface area contributed by atoms with Gasteiger partial charge in [0.15, 0.2) is 0 Å². The van der Waals surface area contributed by atoms with E-state index in [1.54, 1.807) is 0 Å². The molecule has 0 N–H and O–H groups in total. The predicted molar refractivity (Wildman–Crippen MR) is 75.3 cm³/mol. The van der Waals surface area contributed by atoms with Gasteiger partial charge in [0.2, 0.25) is 0 Å². The lowest BCUT2D eigenvalue weighted by Crippen LogP contribution is -2.07. The van der Waals surface area contributed by atoms with Crippen LogP contribution in [0.5, 0.6) is 0 Å². The fraction of sp³-hybridized carbons (Fsp3) is 0.600. The smallest absolute Gasteiger partial charge is 0.0122 e. The molecule has 90 valence electrons. The van der Waals surface area contributed by atoms with E-state index in [1.807, 2.05) is 11.8 Å². The molecule has 0 radical (unpaired) electrons. The van der Waals surface area contributed by atoms with Gasteiger partial charge in [0, 0.05) is 9.64 Å². The maximum absolute atomic E-state index is 2.34. The van der Waals surface area contributed by atoms with Gasteiger partial charge in [-0.2, -0.15) is 0 Å². The summed E-state index contributed by atoms with van der Waals surface area (Å²) in [4.78, 5) is 1.42. The first kappa shape index (κ1) is 13.6. The Labute approximate surface area is 105 Å². The van der Waals surface area contributed by atoms with Crippen LogP contribution < -0.4 is 0 Å². The van der Waals surface area contributed by atoms with Crippen molar-refractivity contribution in [3.8, 4) is 0 Å². The normalized spacial score (nSPS) is 12.2. The van der Waals surface area contributed by atoms with Crippen molar-refractivity contribution >= 4 is 11.8 Å². The Balaban J connectivity index is 2.83. The molecule has 0 atom stereocenters. The van der Waals surface area contributed by atoms with Crippen molar-refractivity contribution in [2.75, 3.05) is 0 Å². The van der Waals surface area contributed by atoms with E-state index in [0.29, 0.717) is 4.75 Å². The van der Waals surface area contributed by atoms with Crippen LogP contribution in [0.15, 0.2) is 23.1 Å². The topological polar surface area (TPSA) is 0 Å². The fourth-order valence-electron chi connectivity index (χ4n) is 1.75. The first-order valence-electron chi connectivity index (χ1n) is 6.06. The van der Waals surface area contributed by atoms with Crippen molar-refractivity contribution in [2.24, 2.45) is 5.92 Å². The molecule has 0 amide bonds. The van der Waals surface area contributed by atoms with E-state index < -0.39 is 0 Å². The van der Waals surface area contributed by atoms with Crippen LogP contribution in [0.3, 0.4) is 0 Å². The van der Waals surface area contributed by atoms with E-state index in [9.17, 15) is 0 Å². The molecule has 0 spiro atoms. The van der Waals surface area contributed by atoms with Crippen molar-refractivity contribution in [2.45, 2.75) is 57.6 Å². The monoisotopic (exact) mass is 236 g/mol. The Morgan fingerprint density at radius 3 is 2.25 bits per heavy atom. The van der Waals surface area contributed by atoms with Crippen molar-refractivity contribution in [1.82, 2.24) is 0 Å². The average molecular weight is 236 g/mol. The van der Waals surface area contributed by atoms with E-state index in [2.05, 4.69) is 59.7 Å². The summed E-state index contributed by atoms with van der Waals surface area (Å²) in [7, 11) is 0. The van der Waals surface area contributed by atoms with E-state index in [4.69, 9.17) is 0 Å². The van der Waals surface area contributed by atoms with Gasteiger partial charge in [0.1, 0.15) is 0 Å². The van der Waals surface area contributed by atoms with Crippen LogP contribution >= 0.6 is 11.8 Å². The van der Waals surface area contributed by atoms with Crippen LogP contribution in [0.25, 0.3) is 0 Å². The maximum atomic E-state index is 2.34. The van der Waals surface area contributed by atoms with Gasteiger partial charge < -0.3 is 0 Å². The average Bonchev–Trinajstić information content (AvgIpc) is 2.06. The third-order valence-corrected chi connectivity index (χ3v) is 3.59. The molecule has 0 unspecified atom stereocenters. The SMILES string of the molecule is Cc1cc(CC(C)C)ccc1SC(C)(C)C. The van der Waals surface area contributed by atoms with Crippen LogP contribution in [0.2, 0.25) is 0 Å². The molecule has 0 nitrogen and oxygen atoms in total. The molecule has 0 aromatic heterocycles. The highest BCUT2D eigenvalue weighted by Crippen LogP contribution is 2.34. The number of hydrogen-bond donors (Lipinski definition) is 0. The first-order valence-corrected chi connectivity index (χ1v) is 6.88. The number of benzene rings is 1. The van der Waals surface area contributed by atoms with Crippen LogP contribution in [0.4, 0.5) is 0 Å². The minimum atomic E-state index is 0.296. The molecule has 1 aromatic carbocycles. The van der Waals surface area contributed by atoms with Crippen LogP contribution in [0, 0.1) is 12.8 Å². The van der Waals surface area contributed by atoms with Gasteiger partial charge in [0.05, 0.1) is 0 Å². The van der Waals surface area contributed by atoms with Crippen LogP contribution in [0.1, 0.15) is 45.7 Å². The Hall–Kier alpha value is -0.430. The summed E-state index contributed by atoms with van der Waals surface area (Å²) in [6.07, 6.45) is 1.18. The van der Waals surface area contributed by atoms with Gasteiger partial charge in [-0.1, -0.05) is 46.8 Å². The lowest BCUT2D eigenvalue weighted by Gasteiger charge is -2.19. The third-order valence-electron chi connectivity index (χ3n) is 2.30. The molecule has 1 rings (SSSR count). The second-order valence-corrected chi connectivity index (χ2v) is 7.78. The van der Waals surface area contributed by atoms with E-state index in [0.717, 1.165) is 5.92 Å². The minimum absolute atomic E-state index is 0.296. The molecule has 0 saturated heterocycles. The minimum Gasteiger partial charge on any atom is -0.120 e. The summed E-state index contributed by atoms with van der Waals surface area (Å²) in [6.45, 7) is 13.6. The summed E-state index contributed by atoms with van der Waals surface area (Å²) in [5.41, 5.74) is 2.88. The highest BCUT2D eigenvalue weighted by molar-refractivity contribution is 8.00. The molecule has 1 aromatic rings. The molecule has 0 aliphatic carbocycles. The van der Waals surface area contributed by atoms with Crippen LogP contribution in [-0.2, 0) is 6.42 Å². The quantitative estimate of drug-likeness (QED) is 0.659. The van der Waals surface area contributed by atoms with E-state index in [1.165, 1.54) is 22.4 Å². The van der Waals surface area contributed by atoms with Gasteiger partial charge in [-0.25, -0.2) is 0 Å². The molecule has 0 aliphatic heterocycles. The number of thioether (sulfide) groups is 1. The van der Waals surface area contributed by atoms with Crippen molar-refractivity contribution in [1.29, 1.82) is 0 Å². The lowest BCUT2D eigenvalue weighted by atomic mass is 10.0. The Bertz CT molecular complexity index is 345. The zero-order valence-electron chi connectivity index (χ0n) is 11.4. The predicted octanol–water partition coefficient (Wildman–Crippen LogP) is 5.08. The molecule has 0 fully saturated rings. The summed E-state index contributed by atoms with van der Waals surface area (Å²) < 4.78 is 0.296. The largest absolute Gasteiger partial charge is 0.120 e. The fourth-order valence-corrected chi connectivity index (χ4v) is 2.77. The Kier molecular flexibility index (Phi) is 4.49. The molecular weight excluding hydrogens is 212 g/mol. The van der Waals surface area contributed by atoms with Gasteiger partial charge >= 0.3 is 0 Å². The maximum Gasteiger partial charge on any atom is 0.0122 e. The van der Waals surface area contributed by atoms with Crippen molar-refractivity contribution in [3.05, 3.63) is 29.3 Å². The molecule has 0 saturated carbocycles. The summed E-state index contributed by atoms with van der Waals surface area (Å²) in [6, 6.07) is 6.90. The molecule has 1 heteroatoms. The van der Waals surface area contributed by atoms with Gasteiger partial charge in [-0.05, 0) is 36.5 Å². The second kappa shape index (κ2) is 5.27. The summed E-state index contributed by atoms with van der Waals surface area (Å²) in [5, 5.41) is 0. The molecule has 0 bridgehead atoms. The highest BCUT2D eigenvalue weighted by Gasteiger charge is 2.13. The standard InChI is InChI=1S/C15H24S/c1-11(2)9-13-7-8-14(12(3)10-13)16-15(4,5)6/h7-8,10-11H,9H2,1-6H3. The second-order valence-electron chi connectivity index (χ2n) is 5.91. The molecule has 16 heavy (non-hydrogen) atoms. The lowest BCUT2D eigenvalue weighted by molar-refractivity contribution is 0.646. The van der Waals surface area contributed by atoms with Crippen molar-refractivity contribution in [3.63, 3.8) is 0 Å². The van der Waals surface area contributed by atoms with E-state index in [-0.39, 0.29) is 0 Å². The first-order chi connectivity index (χ1) is 7.28. The van der Waals surface area contributed by atoms with Crippen molar-refractivity contribution < 1.29 is 0 Å². The summed E-state index contributed by atoms with van der Waals surface area (Å²) in [5.74, 6) is 0.737. The Morgan fingerprint density at radius 1 is 1.19 bits per heavy atom. The molecule has 0 aliphatic rings. The molecular formula is C15H24S. The van der Waals surface area contributed by atoms with E-state index >= 15 is 0 Å². The number of hydrogen-bond acceptors (Lipinski definition) is 1. The highest BCUT2D eigenvalue weighted by atomic mass is 32.2. The molecule has 0 heterocycles. The number of rotatable bonds is 3. The zero-order chi connectivity index (χ0) is 12.3. The van der Waals surface area contributed by atoms with Gasteiger partial charge in [-0.3, -0.25) is 0 Å². The van der Waals surface area contributed by atoms with Crippen LogP contribution in [-0.4, -0.2) is 4.75 Å². The third kappa shape index (κ3) is 4.61. The van der Waals surface area contributed by atoms with Gasteiger partial charge in [0.25, 0.3) is 0 Å². The van der Waals surface area contributed by atoms with Gasteiger partial charge in [-0.15, -0.1) is 11.8 Å². The zero-order valence-corrected chi connectivity index (χ0v) is 12.2. The summed E-state index contributed by atoms with van der Waals surface area (Å²) >= 11 is 1.95. The number of aryl methyl sites for hydroxylation is 1.